The molecule has 2 heterocycles. The first-order chi connectivity index (χ1) is 13.2. The quantitative estimate of drug-likeness (QED) is 0.379. The third-order valence-electron chi connectivity index (χ3n) is 4.62. The molecule has 0 aromatic heterocycles. The van der Waals surface area contributed by atoms with Gasteiger partial charge >= 0.3 is 17.8 Å². The first kappa shape index (κ1) is 19.7. The molecule has 1 atom stereocenters. The number of benzene rings is 1. The van der Waals surface area contributed by atoms with Crippen LogP contribution in [0.2, 0.25) is 0 Å². The van der Waals surface area contributed by atoms with Crippen LogP contribution in [0.4, 0.5) is 10.5 Å². The van der Waals surface area contributed by atoms with Gasteiger partial charge in [-0.25, -0.2) is 18.1 Å². The SMILES string of the molecule is C=CCN1C(=O)C(=O)N(CC(=O)N(c2ccccc2)[C@H]2CCS(=O)(=O)C2)C1=O. The molecule has 0 bridgehead atoms. The standard InChI is InChI=1S/C18H19N3O6S/c1-2-9-19-16(23)17(24)20(18(19)25)11-15(22)21(13-6-4-3-5-7-13)14-8-10-28(26,27)12-14/h2-7,14H,1,8-12H2/t14-/m0/s1. The lowest BCUT2D eigenvalue weighted by atomic mass is 10.1. The van der Waals surface area contributed by atoms with E-state index in [9.17, 15) is 27.6 Å². The molecule has 3 rings (SSSR count). The van der Waals surface area contributed by atoms with Crippen LogP contribution in [0.25, 0.3) is 0 Å². The lowest BCUT2D eigenvalue weighted by molar-refractivity contribution is -0.143. The number of sulfone groups is 1. The van der Waals surface area contributed by atoms with Crippen LogP contribution in [0, 0.1) is 0 Å². The fourth-order valence-electron chi connectivity index (χ4n) is 3.32. The number of carbonyl (C=O) groups excluding carboxylic acids is 4. The largest absolute Gasteiger partial charge is 0.335 e. The monoisotopic (exact) mass is 405 g/mol. The number of amides is 5. The number of para-hydroxylation sites is 1. The summed E-state index contributed by atoms with van der Waals surface area (Å²) in [5.74, 6) is -2.98. The maximum absolute atomic E-state index is 13.0. The van der Waals surface area contributed by atoms with Crippen molar-refractivity contribution in [3.05, 3.63) is 43.0 Å². The Hall–Kier alpha value is -3.01. The van der Waals surface area contributed by atoms with Crippen LogP contribution in [0.1, 0.15) is 6.42 Å². The number of rotatable bonds is 6. The van der Waals surface area contributed by atoms with Crippen LogP contribution in [0.15, 0.2) is 43.0 Å². The lowest BCUT2D eigenvalue weighted by Gasteiger charge is -2.29. The first-order valence-electron chi connectivity index (χ1n) is 8.61. The average molecular weight is 405 g/mol. The summed E-state index contributed by atoms with van der Waals surface area (Å²) in [4.78, 5) is 52.0. The predicted molar refractivity (Wildman–Crippen MR) is 100 cm³/mol. The Kier molecular flexibility index (Phi) is 5.32. The van der Waals surface area contributed by atoms with Gasteiger partial charge in [0, 0.05) is 12.2 Å². The van der Waals surface area contributed by atoms with Gasteiger partial charge in [0.2, 0.25) is 5.91 Å². The molecule has 0 N–H and O–H groups in total. The molecule has 2 fully saturated rings. The van der Waals surface area contributed by atoms with Crippen molar-refractivity contribution in [1.82, 2.24) is 9.80 Å². The number of hydrogen-bond acceptors (Lipinski definition) is 6. The van der Waals surface area contributed by atoms with Crippen LogP contribution in [-0.4, -0.2) is 72.6 Å². The van der Waals surface area contributed by atoms with Crippen molar-refractivity contribution in [3.63, 3.8) is 0 Å². The molecule has 2 saturated heterocycles. The van der Waals surface area contributed by atoms with Crippen LogP contribution in [0.3, 0.4) is 0 Å². The zero-order chi connectivity index (χ0) is 20.5. The summed E-state index contributed by atoms with van der Waals surface area (Å²) in [6.45, 7) is 2.64. The normalized spacial score (nSPS) is 21.3. The summed E-state index contributed by atoms with van der Waals surface area (Å²) in [6.07, 6.45) is 1.56. The first-order valence-corrected chi connectivity index (χ1v) is 10.4. The van der Waals surface area contributed by atoms with Crippen molar-refractivity contribution in [1.29, 1.82) is 0 Å². The second kappa shape index (κ2) is 7.55. The fourth-order valence-corrected chi connectivity index (χ4v) is 5.02. The van der Waals surface area contributed by atoms with Crippen molar-refractivity contribution in [2.45, 2.75) is 12.5 Å². The summed E-state index contributed by atoms with van der Waals surface area (Å²) in [5.41, 5.74) is 0.461. The van der Waals surface area contributed by atoms with Gasteiger partial charge in [0.1, 0.15) is 6.54 Å². The van der Waals surface area contributed by atoms with E-state index in [1.165, 1.54) is 11.0 Å². The van der Waals surface area contributed by atoms with Crippen LogP contribution < -0.4 is 4.90 Å². The van der Waals surface area contributed by atoms with E-state index >= 15 is 0 Å². The third kappa shape index (κ3) is 3.68. The maximum Gasteiger partial charge on any atom is 0.335 e. The summed E-state index contributed by atoms with van der Waals surface area (Å²) >= 11 is 0. The Balaban J connectivity index is 1.86. The second-order valence-corrected chi connectivity index (χ2v) is 8.76. The van der Waals surface area contributed by atoms with Gasteiger partial charge in [0.15, 0.2) is 9.84 Å². The zero-order valence-corrected chi connectivity index (χ0v) is 15.8. The van der Waals surface area contributed by atoms with E-state index in [0.29, 0.717) is 15.5 Å². The Labute approximate surface area is 162 Å². The van der Waals surface area contributed by atoms with Gasteiger partial charge in [-0.05, 0) is 18.6 Å². The van der Waals surface area contributed by atoms with Gasteiger partial charge in [0.05, 0.1) is 17.5 Å². The molecule has 1 aromatic carbocycles. The van der Waals surface area contributed by atoms with Gasteiger partial charge < -0.3 is 4.90 Å². The van der Waals surface area contributed by atoms with E-state index in [-0.39, 0.29) is 24.5 Å². The molecular formula is C18H19N3O6S. The summed E-state index contributed by atoms with van der Waals surface area (Å²) in [7, 11) is -3.27. The van der Waals surface area contributed by atoms with Crippen molar-refractivity contribution in [2.24, 2.45) is 0 Å². The molecule has 2 aliphatic rings. The van der Waals surface area contributed by atoms with Crippen molar-refractivity contribution >= 4 is 39.3 Å². The molecule has 28 heavy (non-hydrogen) atoms. The summed E-state index contributed by atoms with van der Waals surface area (Å²) in [5, 5.41) is 0. The second-order valence-electron chi connectivity index (χ2n) is 6.53. The van der Waals surface area contributed by atoms with Crippen molar-refractivity contribution in [3.8, 4) is 0 Å². The molecule has 0 unspecified atom stereocenters. The third-order valence-corrected chi connectivity index (χ3v) is 6.37. The number of hydrogen-bond donors (Lipinski definition) is 0. The van der Waals surface area contributed by atoms with Crippen LogP contribution >= 0.6 is 0 Å². The highest BCUT2D eigenvalue weighted by Crippen LogP contribution is 2.25. The van der Waals surface area contributed by atoms with Crippen LogP contribution in [-0.2, 0) is 24.2 Å². The van der Waals surface area contributed by atoms with Gasteiger partial charge in [-0.2, -0.15) is 0 Å². The minimum absolute atomic E-state index is 0.0402. The minimum Gasteiger partial charge on any atom is -0.307 e. The highest BCUT2D eigenvalue weighted by molar-refractivity contribution is 7.91. The highest BCUT2D eigenvalue weighted by Gasteiger charge is 2.46. The molecule has 1 aromatic rings. The van der Waals surface area contributed by atoms with E-state index in [1.807, 2.05) is 0 Å². The lowest BCUT2D eigenvalue weighted by Crippen LogP contribution is -2.48. The minimum atomic E-state index is -3.27. The molecule has 5 amide bonds. The number of nitrogens with zero attached hydrogens (tertiary/aromatic N) is 3. The molecule has 0 radical (unpaired) electrons. The van der Waals surface area contributed by atoms with E-state index in [4.69, 9.17) is 0 Å². The maximum atomic E-state index is 13.0. The number of carbonyl (C=O) groups is 4. The van der Waals surface area contributed by atoms with Crippen molar-refractivity contribution in [2.75, 3.05) is 29.5 Å². The van der Waals surface area contributed by atoms with E-state index in [2.05, 4.69) is 6.58 Å². The van der Waals surface area contributed by atoms with Gasteiger partial charge in [0.25, 0.3) is 0 Å². The molecule has 2 aliphatic heterocycles. The predicted octanol–water partition coefficient (Wildman–Crippen LogP) is 0.183. The summed E-state index contributed by atoms with van der Waals surface area (Å²) in [6, 6.07) is 6.93. The Bertz CT molecular complexity index is 943. The van der Waals surface area contributed by atoms with E-state index in [1.54, 1.807) is 30.3 Å². The molecule has 148 valence electrons. The van der Waals surface area contributed by atoms with Gasteiger partial charge in [-0.1, -0.05) is 24.3 Å². The average Bonchev–Trinajstić information content (AvgIpc) is 3.10. The fraction of sp³-hybridized carbons (Fsp3) is 0.333. The molecule has 9 nitrogen and oxygen atoms in total. The molecule has 0 spiro atoms. The molecule has 10 heteroatoms. The van der Waals surface area contributed by atoms with Gasteiger partial charge in [-0.3, -0.25) is 19.3 Å². The summed E-state index contributed by atoms with van der Waals surface area (Å²) < 4.78 is 23.8. The Morgan fingerprint density at radius 2 is 1.79 bits per heavy atom. The van der Waals surface area contributed by atoms with E-state index < -0.39 is 46.2 Å². The van der Waals surface area contributed by atoms with Crippen LogP contribution in [0.5, 0.6) is 0 Å². The molecule has 0 aliphatic carbocycles. The number of anilines is 1. The molecule has 0 saturated carbocycles. The Morgan fingerprint density at radius 3 is 2.36 bits per heavy atom. The smallest absolute Gasteiger partial charge is 0.307 e. The number of urea groups is 1. The number of imide groups is 2. The van der Waals surface area contributed by atoms with E-state index in [0.717, 1.165) is 0 Å². The Morgan fingerprint density at radius 1 is 1.14 bits per heavy atom. The topological polar surface area (TPSA) is 112 Å². The van der Waals surface area contributed by atoms with Gasteiger partial charge in [-0.15, -0.1) is 6.58 Å². The highest BCUT2D eigenvalue weighted by atomic mass is 32.2. The molecular weight excluding hydrogens is 386 g/mol. The zero-order valence-electron chi connectivity index (χ0n) is 15.0. The van der Waals surface area contributed by atoms with Crippen molar-refractivity contribution < 1.29 is 27.6 Å².